The second-order valence-electron chi connectivity index (χ2n) is 6.33. The number of methoxy groups -OCH3 is 1. The van der Waals surface area contributed by atoms with E-state index < -0.39 is 10.8 Å². The summed E-state index contributed by atoms with van der Waals surface area (Å²) < 4.78 is 17.2. The number of nitrogens with one attached hydrogen (secondary N) is 2. The number of aliphatic imine (C=N–C) groups is 1. The fourth-order valence-corrected chi connectivity index (χ4v) is 2.87. The van der Waals surface area contributed by atoms with Crippen LogP contribution in [0.4, 0.5) is 0 Å². The number of rotatable bonds is 6. The van der Waals surface area contributed by atoms with E-state index in [0.29, 0.717) is 24.8 Å². The minimum atomic E-state index is -0.869. The highest BCUT2D eigenvalue weighted by atomic mass is 127. The molecule has 1 rings (SSSR count). The van der Waals surface area contributed by atoms with Crippen molar-refractivity contribution in [2.24, 2.45) is 4.99 Å². The van der Waals surface area contributed by atoms with E-state index >= 15 is 0 Å². The number of halogens is 1. The van der Waals surface area contributed by atoms with Gasteiger partial charge in [0.2, 0.25) is 0 Å². The third-order valence-electron chi connectivity index (χ3n) is 3.38. The zero-order valence-electron chi connectivity index (χ0n) is 15.4. The zero-order chi connectivity index (χ0) is 17.5. The second kappa shape index (κ2) is 10.9. The first-order valence-electron chi connectivity index (χ1n) is 7.74. The van der Waals surface area contributed by atoms with Crippen molar-refractivity contribution in [1.82, 2.24) is 10.6 Å². The predicted octanol–water partition coefficient (Wildman–Crippen LogP) is 2.83. The maximum Gasteiger partial charge on any atom is 0.191 e. The number of guanidine groups is 1. The molecular weight excluding hydrogens is 437 g/mol. The highest BCUT2D eigenvalue weighted by molar-refractivity contribution is 14.0. The van der Waals surface area contributed by atoms with Crippen molar-refractivity contribution in [2.75, 3.05) is 26.5 Å². The molecule has 1 aromatic carbocycles. The van der Waals surface area contributed by atoms with Crippen molar-refractivity contribution in [3.8, 4) is 5.75 Å². The molecule has 0 aliphatic rings. The van der Waals surface area contributed by atoms with Gasteiger partial charge in [0, 0.05) is 47.0 Å². The molecule has 1 aromatic rings. The summed E-state index contributed by atoms with van der Waals surface area (Å²) in [5.74, 6) is 2.15. The van der Waals surface area contributed by atoms with Gasteiger partial charge in [-0.15, -0.1) is 24.0 Å². The number of ether oxygens (including phenoxy) is 1. The average Bonchev–Trinajstić information content (AvgIpc) is 2.50. The van der Waals surface area contributed by atoms with Gasteiger partial charge in [0.1, 0.15) is 5.75 Å². The number of hydrogen-bond donors (Lipinski definition) is 2. The quantitative estimate of drug-likeness (QED) is 0.384. The van der Waals surface area contributed by atoms with E-state index in [9.17, 15) is 4.21 Å². The third kappa shape index (κ3) is 7.83. The Hall–Kier alpha value is -0.830. The zero-order valence-corrected chi connectivity index (χ0v) is 18.6. The number of nitrogens with zero attached hydrogens (tertiary/aromatic N) is 1. The van der Waals surface area contributed by atoms with Crippen molar-refractivity contribution in [1.29, 1.82) is 0 Å². The van der Waals surface area contributed by atoms with Crippen LogP contribution in [-0.2, 0) is 17.3 Å². The van der Waals surface area contributed by atoms with E-state index in [0.717, 1.165) is 16.9 Å². The van der Waals surface area contributed by atoms with Crippen LogP contribution in [0.5, 0.6) is 5.75 Å². The summed E-state index contributed by atoms with van der Waals surface area (Å²) in [7, 11) is 2.53. The Kier molecular flexibility index (Phi) is 10.5. The third-order valence-corrected chi connectivity index (χ3v) is 5.32. The number of hydrogen-bond acceptors (Lipinski definition) is 3. The Morgan fingerprint density at radius 1 is 1.29 bits per heavy atom. The van der Waals surface area contributed by atoms with Gasteiger partial charge >= 0.3 is 0 Å². The van der Waals surface area contributed by atoms with Crippen molar-refractivity contribution < 1.29 is 8.95 Å². The van der Waals surface area contributed by atoms with Crippen LogP contribution in [0.25, 0.3) is 0 Å². The van der Waals surface area contributed by atoms with Gasteiger partial charge in [-0.05, 0) is 39.3 Å². The fraction of sp³-hybridized carbons (Fsp3) is 0.588. The van der Waals surface area contributed by atoms with Gasteiger partial charge in [-0.25, -0.2) is 0 Å². The van der Waals surface area contributed by atoms with Crippen LogP contribution in [0.3, 0.4) is 0 Å². The highest BCUT2D eigenvalue weighted by Crippen LogP contribution is 2.19. The Labute approximate surface area is 165 Å². The summed E-state index contributed by atoms with van der Waals surface area (Å²) in [4.78, 5) is 4.19. The first kappa shape index (κ1) is 23.2. The molecule has 0 spiro atoms. The Morgan fingerprint density at radius 2 is 1.96 bits per heavy atom. The molecule has 24 heavy (non-hydrogen) atoms. The first-order valence-corrected chi connectivity index (χ1v) is 9.06. The van der Waals surface area contributed by atoms with Gasteiger partial charge in [-0.2, -0.15) is 0 Å². The molecule has 0 radical (unpaired) electrons. The Morgan fingerprint density at radius 3 is 2.50 bits per heavy atom. The summed E-state index contributed by atoms with van der Waals surface area (Å²) in [6.07, 6.45) is 0. The molecule has 1 unspecified atom stereocenters. The molecule has 0 amide bonds. The molecule has 7 heteroatoms. The predicted molar refractivity (Wildman–Crippen MR) is 114 cm³/mol. The number of benzene rings is 1. The van der Waals surface area contributed by atoms with E-state index in [1.165, 1.54) is 0 Å². The molecule has 0 aromatic heterocycles. The fourth-order valence-electron chi connectivity index (χ4n) is 1.97. The standard InChI is InChI=1S/C17H29N3O2S.HI/c1-13-7-8-14(15(11-13)22-6)12-20-16(18-5)19-9-10-23(21)17(2,3)4;/h7-8,11H,9-10,12H2,1-6H3,(H2,18,19,20);1H. The molecule has 0 bridgehead atoms. The van der Waals surface area contributed by atoms with Crippen LogP contribution in [0.2, 0.25) is 0 Å². The van der Waals surface area contributed by atoms with Crippen LogP contribution in [0.15, 0.2) is 23.2 Å². The van der Waals surface area contributed by atoms with E-state index in [-0.39, 0.29) is 28.7 Å². The lowest BCUT2D eigenvalue weighted by molar-refractivity contribution is 0.408. The average molecular weight is 467 g/mol. The van der Waals surface area contributed by atoms with E-state index in [1.54, 1.807) is 14.2 Å². The summed E-state index contributed by atoms with van der Waals surface area (Å²) in [6, 6.07) is 6.12. The lowest BCUT2D eigenvalue weighted by Crippen LogP contribution is -2.40. The van der Waals surface area contributed by atoms with E-state index in [1.807, 2.05) is 39.8 Å². The Bertz CT molecular complexity index is 571. The van der Waals surface area contributed by atoms with Crippen molar-refractivity contribution in [3.63, 3.8) is 0 Å². The maximum absolute atomic E-state index is 12.0. The molecule has 138 valence electrons. The molecular formula is C17H30IN3O2S. The normalized spacial score (nSPS) is 13.0. The van der Waals surface area contributed by atoms with Gasteiger partial charge in [-0.3, -0.25) is 9.20 Å². The van der Waals surface area contributed by atoms with Gasteiger partial charge in [-0.1, -0.05) is 12.1 Å². The summed E-state index contributed by atoms with van der Waals surface area (Å²) >= 11 is 0. The Balaban J connectivity index is 0.00000529. The molecule has 1 atom stereocenters. The molecule has 0 aliphatic carbocycles. The lowest BCUT2D eigenvalue weighted by Gasteiger charge is -2.18. The van der Waals surface area contributed by atoms with Crippen LogP contribution >= 0.6 is 24.0 Å². The minimum Gasteiger partial charge on any atom is -0.496 e. The van der Waals surface area contributed by atoms with Gasteiger partial charge < -0.3 is 15.4 Å². The summed E-state index contributed by atoms with van der Waals surface area (Å²) in [5.41, 5.74) is 2.23. The topological polar surface area (TPSA) is 62.7 Å². The SMILES string of the molecule is CN=C(NCCS(=O)C(C)(C)C)NCc1ccc(C)cc1OC.I. The van der Waals surface area contributed by atoms with Crippen LogP contribution in [0, 0.1) is 6.92 Å². The van der Waals surface area contributed by atoms with Crippen molar-refractivity contribution in [3.05, 3.63) is 29.3 Å². The second-order valence-corrected chi connectivity index (χ2v) is 8.65. The van der Waals surface area contributed by atoms with Gasteiger partial charge in [0.25, 0.3) is 0 Å². The van der Waals surface area contributed by atoms with Gasteiger partial charge in [0.15, 0.2) is 5.96 Å². The highest BCUT2D eigenvalue weighted by Gasteiger charge is 2.18. The first-order chi connectivity index (χ1) is 10.8. The summed E-state index contributed by atoms with van der Waals surface area (Å²) in [5, 5.41) is 6.45. The van der Waals surface area contributed by atoms with Crippen LogP contribution < -0.4 is 15.4 Å². The minimum absolute atomic E-state index is 0. The smallest absolute Gasteiger partial charge is 0.191 e. The van der Waals surface area contributed by atoms with Gasteiger partial charge in [0.05, 0.1) is 7.11 Å². The molecule has 0 saturated heterocycles. The molecule has 0 heterocycles. The van der Waals surface area contributed by atoms with E-state index in [4.69, 9.17) is 4.74 Å². The van der Waals surface area contributed by atoms with Crippen LogP contribution in [0.1, 0.15) is 31.9 Å². The monoisotopic (exact) mass is 467 g/mol. The largest absolute Gasteiger partial charge is 0.496 e. The summed E-state index contributed by atoms with van der Waals surface area (Å²) in [6.45, 7) is 9.23. The van der Waals surface area contributed by atoms with Crippen LogP contribution in [-0.4, -0.2) is 41.4 Å². The maximum atomic E-state index is 12.0. The molecule has 5 nitrogen and oxygen atoms in total. The van der Waals surface area contributed by atoms with E-state index in [2.05, 4.69) is 21.7 Å². The van der Waals surface area contributed by atoms with Crippen molar-refractivity contribution in [2.45, 2.75) is 39.0 Å². The lowest BCUT2D eigenvalue weighted by atomic mass is 10.1. The molecule has 0 aliphatic heterocycles. The number of aryl methyl sites for hydroxylation is 1. The molecule has 0 saturated carbocycles. The van der Waals surface area contributed by atoms with Crippen molar-refractivity contribution >= 4 is 40.7 Å². The molecule has 2 N–H and O–H groups in total. The molecule has 0 fully saturated rings.